The number of anilines is 3. The summed E-state index contributed by atoms with van der Waals surface area (Å²) in [5.41, 5.74) is 26.8. The van der Waals surface area contributed by atoms with Gasteiger partial charge in [0.1, 0.15) is 85.0 Å². The lowest BCUT2D eigenvalue weighted by molar-refractivity contribution is -0.0642. The molecule has 2 unspecified atom stereocenters. The topological polar surface area (TPSA) is 545 Å². The van der Waals surface area contributed by atoms with E-state index in [4.69, 9.17) is 49.5 Å². The van der Waals surface area contributed by atoms with Crippen molar-refractivity contribution in [1.82, 2.24) is 58.6 Å². The van der Waals surface area contributed by atoms with Gasteiger partial charge < -0.3 is 71.4 Å². The molecule has 14 atom stereocenters. The predicted octanol–water partition coefficient (Wildman–Crippen LogP) is -2.56. The molecule has 3 fully saturated rings. The smallest absolute Gasteiger partial charge is 0.387 e. The van der Waals surface area contributed by atoms with Gasteiger partial charge in [-0.3, -0.25) is 36.3 Å². The van der Waals surface area contributed by atoms with E-state index in [0.717, 1.165) is 34.4 Å². The van der Waals surface area contributed by atoms with E-state index in [1.165, 1.54) is 10.9 Å². The molecular weight excluding hydrogens is 1010 g/mol. The van der Waals surface area contributed by atoms with Crippen LogP contribution < -0.4 is 17.2 Å². The number of aliphatic hydroxyl groups excluding tert-OH is 4. The number of phosphoric ester groups is 3. The van der Waals surface area contributed by atoms with Crippen LogP contribution in [0.25, 0.3) is 43.9 Å². The van der Waals surface area contributed by atoms with E-state index >= 15 is 0 Å². The summed E-state index contributed by atoms with van der Waals surface area (Å²) in [5.74, 6) is -0.879. The molecule has 0 radical (unpaired) electrons. The second-order valence-electron chi connectivity index (χ2n) is 15.2. The molecule has 0 bridgehead atoms. The third-order valence-electron chi connectivity index (χ3n) is 10.9. The highest BCUT2D eigenvalue weighted by molar-refractivity contribution is 7.47. The summed E-state index contributed by atoms with van der Waals surface area (Å²) in [5, 5.41) is 48.1. The Morgan fingerprint density at radius 2 is 1.04 bits per heavy atom. The zero-order valence-electron chi connectivity index (χ0n) is 34.8. The van der Waals surface area contributed by atoms with Crippen LogP contribution in [0, 0.1) is 0 Å². The molecule has 3 saturated heterocycles. The molecule has 0 aliphatic carbocycles. The van der Waals surface area contributed by atoms with Crippen LogP contribution in [-0.4, -0.2) is 173 Å². The number of nitrogens with zero attached hydrogens (tertiary/aromatic N) is 15. The van der Waals surface area contributed by atoms with Crippen LogP contribution in [-0.2, 0) is 50.5 Å². The minimum Gasteiger partial charge on any atom is -0.387 e. The normalized spacial score (nSPS) is 30.0. The lowest BCUT2D eigenvalue weighted by Gasteiger charge is -2.25. The molecule has 3 aliphatic heterocycles. The van der Waals surface area contributed by atoms with Crippen molar-refractivity contribution in [2.24, 2.45) is 5.11 Å². The summed E-state index contributed by atoms with van der Waals surface area (Å²) in [4.78, 5) is 79.4. The monoisotopic (exact) mass is 1050 g/mol. The van der Waals surface area contributed by atoms with Gasteiger partial charge in [-0.1, -0.05) is 0 Å². The second kappa shape index (κ2) is 18.9. The van der Waals surface area contributed by atoms with E-state index in [2.05, 4.69) is 59.4 Å². The first-order valence-electron chi connectivity index (χ1n) is 19.7. The highest BCUT2D eigenvalue weighted by Crippen LogP contribution is 2.53. The number of nitrogen functional groups attached to an aromatic ring is 3. The van der Waals surface area contributed by atoms with Crippen LogP contribution in [0.5, 0.6) is 0 Å². The maximum atomic E-state index is 13.8. The number of hydrogen-bond donors (Lipinski definition) is 11. The standard InChI is InChI=1S/C30H37N18O19P3/c31-21-12-24(38-4-35-21)46(7-41-12)27-18(52)15(49)9(63-27)2-61-69(56,57)66-19-16(50)11(64-28(19)47-8-42-13-22(32)36-5-39-25(13)47)3-62-70(58,59)67-20-17(51)10(1-60-68(53,54)55)65-29(20)48-26-14(23(33)37-6-40-26)43-30(48)44-45-34/h4-11,15-20,27-29,49-52H,1-3H2,(H,56,57)(H,58,59)(H2,31,35,38)(H2,32,36,39)(H2,33,37,40)(H2,53,54,55)/t9-,10-,11-,15-,16-,17-,18-,19-,20-,27-,28-,29-/m1/s1. The number of rotatable bonds is 17. The Morgan fingerprint density at radius 1 is 0.600 bits per heavy atom. The molecular formula is C30H37N18O19P3. The van der Waals surface area contributed by atoms with Gasteiger partial charge in [-0.25, -0.2) is 58.6 Å². The van der Waals surface area contributed by atoms with Crippen LogP contribution in [0.3, 0.4) is 0 Å². The Hall–Kier alpha value is -5.59. The molecule has 37 nitrogen and oxygen atoms in total. The Labute approximate surface area is 386 Å². The zero-order valence-corrected chi connectivity index (χ0v) is 37.5. The Kier molecular flexibility index (Phi) is 13.3. The Balaban J connectivity index is 0.938. The first-order valence-corrected chi connectivity index (χ1v) is 24.3. The molecule has 40 heteroatoms. The third-order valence-corrected chi connectivity index (χ3v) is 13.3. The molecule has 0 aromatic carbocycles. The second-order valence-corrected chi connectivity index (χ2v) is 19.2. The van der Waals surface area contributed by atoms with E-state index in [1.807, 2.05) is 0 Å². The summed E-state index contributed by atoms with van der Waals surface area (Å²) in [6.45, 7) is -3.04. The van der Waals surface area contributed by atoms with E-state index in [9.17, 15) is 59.2 Å². The first-order chi connectivity index (χ1) is 33.1. The Morgan fingerprint density at radius 3 is 1.57 bits per heavy atom. The number of phosphoric acid groups is 3. The van der Waals surface area contributed by atoms with Crippen molar-refractivity contribution in [3.05, 3.63) is 42.1 Å². The lowest BCUT2D eigenvalue weighted by atomic mass is 10.1. The minimum atomic E-state index is -5.56. The van der Waals surface area contributed by atoms with E-state index in [1.54, 1.807) is 0 Å². The summed E-state index contributed by atoms with van der Waals surface area (Å²) in [6.07, 6.45) is -16.0. The van der Waals surface area contributed by atoms with E-state index in [-0.39, 0.29) is 50.9 Å². The molecule has 14 N–H and O–H groups in total. The third kappa shape index (κ3) is 9.50. The maximum absolute atomic E-state index is 13.8. The number of fused-ring (bicyclic) bond motifs is 3. The van der Waals surface area contributed by atoms with Crippen LogP contribution in [0.1, 0.15) is 18.7 Å². The van der Waals surface area contributed by atoms with Crippen molar-refractivity contribution in [1.29, 1.82) is 0 Å². The fourth-order valence-electron chi connectivity index (χ4n) is 7.71. The molecule has 376 valence electrons. The fraction of sp³-hybridized carbons (Fsp3) is 0.500. The van der Waals surface area contributed by atoms with Gasteiger partial charge in [0.15, 0.2) is 58.6 Å². The molecule has 9 heterocycles. The van der Waals surface area contributed by atoms with Crippen LogP contribution in [0.4, 0.5) is 23.4 Å². The molecule has 3 aliphatic rings. The fourth-order valence-corrected chi connectivity index (χ4v) is 9.92. The number of imidazole rings is 3. The molecule has 6 aromatic heterocycles. The van der Waals surface area contributed by atoms with Gasteiger partial charge in [0, 0.05) is 4.91 Å². The predicted molar refractivity (Wildman–Crippen MR) is 223 cm³/mol. The SMILES string of the molecule is [N-]=[N+]=Nc1nc2c(N)ncnc2n1[C@@H]1O[C@H](COP(=O)(O)O)[C@@H](O)[C@H]1OP(=O)(O)OC[C@H]1O[C@@H](n2cnc3c(N)ncnc32)[C@H](OP(=O)(O)OC[C@H]2O[C@@H](n3cnc4c(N)ncnc43)[C@H](O)[C@@H]2O)[C@@H]1O. The maximum Gasteiger partial charge on any atom is 0.472 e. The summed E-state index contributed by atoms with van der Waals surface area (Å²) >= 11 is 0. The average molecular weight is 1050 g/mol. The van der Waals surface area contributed by atoms with Crippen molar-refractivity contribution in [3.8, 4) is 0 Å². The number of hydrogen-bond acceptors (Lipinski definition) is 28. The number of azide groups is 1. The van der Waals surface area contributed by atoms with Crippen molar-refractivity contribution < 1.29 is 90.5 Å². The van der Waals surface area contributed by atoms with E-state index < -0.39 is 123 Å². The van der Waals surface area contributed by atoms with Crippen molar-refractivity contribution in [2.75, 3.05) is 37.0 Å². The van der Waals surface area contributed by atoms with Gasteiger partial charge >= 0.3 is 23.5 Å². The quantitative estimate of drug-likeness (QED) is 0.0194. The molecule has 0 spiro atoms. The van der Waals surface area contributed by atoms with Gasteiger partial charge in [-0.15, -0.1) is 0 Å². The highest BCUT2D eigenvalue weighted by Gasteiger charge is 2.54. The van der Waals surface area contributed by atoms with Gasteiger partial charge in [-0.2, -0.15) is 0 Å². The molecule has 9 rings (SSSR count). The summed E-state index contributed by atoms with van der Waals surface area (Å²) in [7, 11) is -16.1. The summed E-state index contributed by atoms with van der Waals surface area (Å²) < 4.78 is 85.3. The molecule has 0 amide bonds. The lowest BCUT2D eigenvalue weighted by Crippen LogP contribution is -2.37. The van der Waals surface area contributed by atoms with Crippen LogP contribution >= 0.6 is 23.5 Å². The van der Waals surface area contributed by atoms with Gasteiger partial charge in [-0.05, 0) is 10.6 Å². The van der Waals surface area contributed by atoms with Crippen LogP contribution in [0.2, 0.25) is 0 Å². The van der Waals surface area contributed by atoms with Crippen molar-refractivity contribution in [2.45, 2.75) is 73.6 Å². The zero-order chi connectivity index (χ0) is 50.0. The van der Waals surface area contributed by atoms with Gasteiger partial charge in [0.2, 0.25) is 5.95 Å². The highest BCUT2D eigenvalue weighted by atomic mass is 31.2. The largest absolute Gasteiger partial charge is 0.472 e. The van der Waals surface area contributed by atoms with Crippen molar-refractivity contribution >= 4 is 80.4 Å². The average Bonchev–Trinajstić information content (AvgIpc) is 4.16. The number of aromatic nitrogens is 12. The number of ether oxygens (including phenoxy) is 3. The molecule has 6 aromatic rings. The minimum absolute atomic E-state index is 0.0101. The van der Waals surface area contributed by atoms with Gasteiger partial charge in [0.25, 0.3) is 0 Å². The summed E-state index contributed by atoms with van der Waals surface area (Å²) in [6, 6.07) is 0. The van der Waals surface area contributed by atoms with Crippen molar-refractivity contribution in [3.63, 3.8) is 0 Å². The molecule has 70 heavy (non-hydrogen) atoms. The number of aliphatic hydroxyl groups is 4. The van der Waals surface area contributed by atoms with E-state index in [0.29, 0.717) is 0 Å². The molecule has 0 saturated carbocycles. The van der Waals surface area contributed by atoms with Gasteiger partial charge in [0.05, 0.1) is 32.5 Å². The number of nitrogens with two attached hydrogens (primary N) is 3. The first kappa shape index (κ1) is 49.4. The van der Waals surface area contributed by atoms with Crippen LogP contribution in [0.15, 0.2) is 36.8 Å². The Bertz CT molecular complexity index is 3140.